The summed E-state index contributed by atoms with van der Waals surface area (Å²) >= 11 is 0. The van der Waals surface area contributed by atoms with Crippen molar-refractivity contribution in [2.24, 2.45) is 0 Å². The molecule has 0 saturated carbocycles. The van der Waals surface area contributed by atoms with Gasteiger partial charge in [-0.25, -0.2) is 4.98 Å². The average molecular weight is 166 g/mol. The van der Waals surface area contributed by atoms with Gasteiger partial charge in [-0.3, -0.25) is 4.90 Å². The predicted molar refractivity (Wildman–Crippen MR) is 51.7 cm³/mol. The van der Waals surface area contributed by atoms with E-state index in [1.54, 1.807) is 0 Å². The molecule has 1 N–H and O–H groups in total. The highest BCUT2D eigenvalue weighted by Crippen LogP contribution is 2.12. The number of H-pyrrole nitrogens is 1. The van der Waals surface area contributed by atoms with Gasteiger partial charge in [0.05, 0.1) is 26.4 Å². The molecule has 12 heavy (non-hydrogen) atoms. The van der Waals surface area contributed by atoms with Gasteiger partial charge in [0.15, 0.2) is 0 Å². The molecule has 0 atom stereocenters. The molecule has 3 nitrogen and oxygen atoms in total. The number of pyridine rings is 1. The first-order valence-corrected chi connectivity index (χ1v) is 3.97. The van der Waals surface area contributed by atoms with Gasteiger partial charge in [-0.05, 0) is 0 Å². The van der Waals surface area contributed by atoms with Gasteiger partial charge in [0.2, 0.25) is 0 Å². The molecule has 0 amide bonds. The smallest absolute Gasteiger partial charge is 0.275 e. The Morgan fingerprint density at radius 1 is 1.08 bits per heavy atom. The summed E-state index contributed by atoms with van der Waals surface area (Å²) in [5, 5.41) is 0. The first-order valence-electron chi connectivity index (χ1n) is 3.97. The molecule has 0 aliphatic heterocycles. The SMILES string of the molecule is CN(C)c1cc[nH+]c(N(C)C)c1. The lowest BCUT2D eigenvalue weighted by molar-refractivity contribution is -0.363. The molecule has 1 heterocycles. The molecule has 1 rings (SSSR count). The number of rotatable bonds is 2. The minimum Gasteiger partial charge on any atom is -0.377 e. The molecular formula is C9H16N3+. The van der Waals surface area contributed by atoms with Crippen LogP contribution in [0.1, 0.15) is 0 Å². The third-order valence-corrected chi connectivity index (χ3v) is 1.77. The summed E-state index contributed by atoms with van der Waals surface area (Å²) in [4.78, 5) is 7.30. The zero-order chi connectivity index (χ0) is 9.14. The van der Waals surface area contributed by atoms with Crippen LogP contribution >= 0.6 is 0 Å². The van der Waals surface area contributed by atoms with Gasteiger partial charge in [0.25, 0.3) is 5.82 Å². The first-order chi connectivity index (χ1) is 5.61. The second-order valence-electron chi connectivity index (χ2n) is 3.22. The highest BCUT2D eigenvalue weighted by atomic mass is 15.1. The van der Waals surface area contributed by atoms with Crippen molar-refractivity contribution in [1.29, 1.82) is 0 Å². The van der Waals surface area contributed by atoms with Crippen LogP contribution in [0.2, 0.25) is 0 Å². The van der Waals surface area contributed by atoms with Crippen molar-refractivity contribution in [1.82, 2.24) is 0 Å². The summed E-state index contributed by atoms with van der Waals surface area (Å²) < 4.78 is 0. The van der Waals surface area contributed by atoms with Gasteiger partial charge in [0.1, 0.15) is 0 Å². The van der Waals surface area contributed by atoms with E-state index in [-0.39, 0.29) is 0 Å². The topological polar surface area (TPSA) is 20.6 Å². The van der Waals surface area contributed by atoms with E-state index in [0.717, 1.165) is 5.82 Å². The number of aromatic amines is 1. The molecule has 0 fully saturated rings. The van der Waals surface area contributed by atoms with Crippen molar-refractivity contribution in [3.05, 3.63) is 18.3 Å². The highest BCUT2D eigenvalue weighted by molar-refractivity contribution is 5.50. The summed E-state index contributed by atoms with van der Waals surface area (Å²) in [7, 11) is 8.11. The molecule has 1 aromatic heterocycles. The molecule has 0 radical (unpaired) electrons. The quantitative estimate of drug-likeness (QED) is 0.642. The van der Waals surface area contributed by atoms with Crippen molar-refractivity contribution < 1.29 is 4.98 Å². The lowest BCUT2D eigenvalue weighted by Gasteiger charge is -2.12. The molecule has 1 aromatic rings. The van der Waals surface area contributed by atoms with Crippen LogP contribution in [0.4, 0.5) is 11.5 Å². The average Bonchev–Trinajstić information content (AvgIpc) is 2.04. The van der Waals surface area contributed by atoms with Gasteiger partial charge < -0.3 is 4.90 Å². The summed E-state index contributed by atoms with van der Waals surface area (Å²) in [6.45, 7) is 0. The normalized spacial score (nSPS) is 9.67. The van der Waals surface area contributed by atoms with E-state index < -0.39 is 0 Å². The Kier molecular flexibility index (Phi) is 2.53. The predicted octanol–water partition coefficient (Wildman–Crippen LogP) is 0.633. The molecular weight excluding hydrogens is 150 g/mol. The molecule has 0 unspecified atom stereocenters. The molecule has 66 valence electrons. The van der Waals surface area contributed by atoms with Crippen LogP contribution in [0.25, 0.3) is 0 Å². The number of nitrogens with one attached hydrogen (secondary N) is 1. The van der Waals surface area contributed by atoms with Gasteiger partial charge in [-0.2, -0.15) is 0 Å². The highest BCUT2D eigenvalue weighted by Gasteiger charge is 2.05. The Labute approximate surface area is 73.6 Å². The number of nitrogens with zero attached hydrogens (tertiary/aromatic N) is 2. The Morgan fingerprint density at radius 2 is 1.75 bits per heavy atom. The van der Waals surface area contributed by atoms with Crippen LogP contribution in [-0.2, 0) is 0 Å². The summed E-state index contributed by atoms with van der Waals surface area (Å²) in [5.41, 5.74) is 1.21. The molecule has 3 heteroatoms. The van der Waals surface area contributed by atoms with Crippen LogP contribution in [0.5, 0.6) is 0 Å². The maximum atomic E-state index is 3.16. The van der Waals surface area contributed by atoms with E-state index in [9.17, 15) is 0 Å². The van der Waals surface area contributed by atoms with Gasteiger partial charge >= 0.3 is 0 Å². The van der Waals surface area contributed by atoms with E-state index in [4.69, 9.17) is 0 Å². The van der Waals surface area contributed by atoms with Gasteiger partial charge in [-0.1, -0.05) is 0 Å². The lowest BCUT2D eigenvalue weighted by atomic mass is 10.3. The Morgan fingerprint density at radius 3 is 2.25 bits per heavy atom. The fourth-order valence-corrected chi connectivity index (χ4v) is 0.979. The Balaban J connectivity index is 2.96. The molecule has 0 aliphatic carbocycles. The maximum Gasteiger partial charge on any atom is 0.275 e. The largest absolute Gasteiger partial charge is 0.377 e. The van der Waals surface area contributed by atoms with Gasteiger partial charge in [-0.15, -0.1) is 0 Å². The second-order valence-corrected chi connectivity index (χ2v) is 3.22. The minimum atomic E-state index is 1.11. The van der Waals surface area contributed by atoms with Crippen molar-refractivity contribution >= 4 is 11.5 Å². The number of anilines is 2. The van der Waals surface area contributed by atoms with Crippen LogP contribution in [-0.4, -0.2) is 28.2 Å². The second kappa shape index (κ2) is 3.43. The standard InChI is InChI=1S/C9H15N3/c1-11(2)8-5-6-10-9(7-8)12(3)4/h5-7H,1-4H3/p+1. The van der Waals surface area contributed by atoms with E-state index in [1.807, 2.05) is 45.4 Å². The van der Waals surface area contributed by atoms with Crippen molar-refractivity contribution in [3.8, 4) is 0 Å². The van der Waals surface area contributed by atoms with Crippen LogP contribution in [0.3, 0.4) is 0 Å². The van der Waals surface area contributed by atoms with Crippen LogP contribution < -0.4 is 14.8 Å². The Hall–Kier alpha value is -1.25. The van der Waals surface area contributed by atoms with E-state index >= 15 is 0 Å². The molecule has 0 aromatic carbocycles. The Bertz CT molecular complexity index is 232. The fourth-order valence-electron chi connectivity index (χ4n) is 0.979. The molecule has 0 saturated heterocycles. The summed E-state index contributed by atoms with van der Waals surface area (Å²) in [6, 6.07) is 4.16. The zero-order valence-electron chi connectivity index (χ0n) is 8.13. The van der Waals surface area contributed by atoms with Crippen molar-refractivity contribution in [3.63, 3.8) is 0 Å². The number of hydrogen-bond acceptors (Lipinski definition) is 2. The van der Waals surface area contributed by atoms with E-state index in [2.05, 4.69) is 16.0 Å². The first kappa shape index (κ1) is 8.84. The maximum absolute atomic E-state index is 3.16. The summed E-state index contributed by atoms with van der Waals surface area (Å²) in [6.07, 6.45) is 1.95. The van der Waals surface area contributed by atoms with Crippen LogP contribution in [0.15, 0.2) is 18.3 Å². The van der Waals surface area contributed by atoms with Crippen molar-refractivity contribution in [2.45, 2.75) is 0 Å². The van der Waals surface area contributed by atoms with E-state index in [1.165, 1.54) is 5.69 Å². The van der Waals surface area contributed by atoms with E-state index in [0.29, 0.717) is 0 Å². The van der Waals surface area contributed by atoms with Crippen LogP contribution in [0, 0.1) is 0 Å². The number of hydrogen-bond donors (Lipinski definition) is 0. The fraction of sp³-hybridized carbons (Fsp3) is 0.444. The number of aromatic nitrogens is 1. The summed E-state index contributed by atoms with van der Waals surface area (Å²) in [5.74, 6) is 1.11. The monoisotopic (exact) mass is 166 g/mol. The minimum absolute atomic E-state index is 1.11. The molecule has 0 spiro atoms. The molecule has 0 bridgehead atoms. The molecule has 0 aliphatic rings. The zero-order valence-corrected chi connectivity index (χ0v) is 8.13. The lowest BCUT2D eigenvalue weighted by Crippen LogP contribution is -2.21. The third-order valence-electron chi connectivity index (χ3n) is 1.77. The van der Waals surface area contributed by atoms with Crippen molar-refractivity contribution in [2.75, 3.05) is 38.0 Å². The van der Waals surface area contributed by atoms with Gasteiger partial charge in [0, 0.05) is 25.8 Å². The third kappa shape index (κ3) is 1.87.